The van der Waals surface area contributed by atoms with E-state index in [1.807, 2.05) is 24.6 Å². The molecule has 0 bridgehead atoms. The van der Waals surface area contributed by atoms with E-state index < -0.39 is 4.92 Å². The molecule has 0 N–H and O–H groups in total. The SMILES string of the molecule is CCC(=O)c1ccc2c(c1)nc(-c1nc([N+](=O)[O-])cn1C)n2C. The first-order valence-corrected chi connectivity index (χ1v) is 7.10. The molecule has 118 valence electrons. The molecule has 8 heteroatoms. The first kappa shape index (κ1) is 14.9. The molecule has 0 saturated heterocycles. The molecule has 23 heavy (non-hydrogen) atoms. The van der Waals surface area contributed by atoms with E-state index in [0.29, 0.717) is 29.1 Å². The molecule has 8 nitrogen and oxygen atoms in total. The molecular weight excluding hydrogens is 298 g/mol. The van der Waals surface area contributed by atoms with E-state index in [4.69, 9.17) is 0 Å². The highest BCUT2D eigenvalue weighted by atomic mass is 16.6. The number of fused-ring (bicyclic) bond motifs is 1. The first-order chi connectivity index (χ1) is 10.9. The van der Waals surface area contributed by atoms with E-state index in [0.717, 1.165) is 5.52 Å². The van der Waals surface area contributed by atoms with Gasteiger partial charge in [-0.2, -0.15) is 0 Å². The Hall–Kier alpha value is -3.03. The van der Waals surface area contributed by atoms with Gasteiger partial charge in [-0.1, -0.05) is 6.92 Å². The molecular formula is C15H15N5O3. The fraction of sp³-hybridized carbons (Fsp3) is 0.267. The van der Waals surface area contributed by atoms with Gasteiger partial charge in [-0.05, 0) is 28.1 Å². The second kappa shape index (κ2) is 5.31. The highest BCUT2D eigenvalue weighted by Gasteiger charge is 2.23. The lowest BCUT2D eigenvalue weighted by molar-refractivity contribution is -0.389. The number of aromatic nitrogens is 4. The Kier molecular flexibility index (Phi) is 3.44. The molecule has 2 aromatic heterocycles. The van der Waals surface area contributed by atoms with Gasteiger partial charge in [0.1, 0.15) is 6.20 Å². The van der Waals surface area contributed by atoms with Crippen LogP contribution in [0.3, 0.4) is 0 Å². The summed E-state index contributed by atoms with van der Waals surface area (Å²) in [5.74, 6) is 0.735. The van der Waals surface area contributed by atoms with Gasteiger partial charge >= 0.3 is 5.82 Å². The minimum Gasteiger partial charge on any atom is -0.358 e. The molecule has 0 fully saturated rings. The Balaban J connectivity index is 2.17. The van der Waals surface area contributed by atoms with Crippen molar-refractivity contribution in [2.75, 3.05) is 0 Å². The number of hydrogen-bond acceptors (Lipinski definition) is 5. The van der Waals surface area contributed by atoms with Crippen LogP contribution in [0.25, 0.3) is 22.7 Å². The Labute approximate surface area is 131 Å². The number of Topliss-reactive ketones (excluding diaryl/α,β-unsaturated/α-hetero) is 1. The van der Waals surface area contributed by atoms with Crippen LogP contribution in [-0.2, 0) is 14.1 Å². The molecule has 0 spiro atoms. The summed E-state index contributed by atoms with van der Waals surface area (Å²) in [6.07, 6.45) is 1.78. The summed E-state index contributed by atoms with van der Waals surface area (Å²) in [6, 6.07) is 5.33. The Morgan fingerprint density at radius 3 is 2.61 bits per heavy atom. The van der Waals surface area contributed by atoms with Crippen molar-refractivity contribution in [3.05, 3.63) is 40.1 Å². The van der Waals surface area contributed by atoms with Crippen LogP contribution in [0.1, 0.15) is 23.7 Å². The minimum absolute atomic E-state index is 0.0479. The Morgan fingerprint density at radius 1 is 1.26 bits per heavy atom. The summed E-state index contributed by atoms with van der Waals surface area (Å²) in [5.41, 5.74) is 2.10. The molecule has 0 aliphatic heterocycles. The topological polar surface area (TPSA) is 95.8 Å². The van der Waals surface area contributed by atoms with Gasteiger partial charge in [-0.3, -0.25) is 4.79 Å². The molecule has 0 atom stereocenters. The summed E-state index contributed by atoms with van der Waals surface area (Å²) < 4.78 is 3.37. The van der Waals surface area contributed by atoms with Crippen molar-refractivity contribution in [2.45, 2.75) is 13.3 Å². The average Bonchev–Trinajstić information content (AvgIpc) is 3.07. The lowest BCUT2D eigenvalue weighted by Gasteiger charge is -2.00. The number of rotatable bonds is 4. The van der Waals surface area contributed by atoms with Crippen molar-refractivity contribution in [1.82, 2.24) is 19.1 Å². The number of carbonyl (C=O) groups excluding carboxylic acids is 1. The lowest BCUT2D eigenvalue weighted by Crippen LogP contribution is -1.99. The number of carbonyl (C=O) groups is 1. The maximum absolute atomic E-state index is 11.8. The summed E-state index contributed by atoms with van der Waals surface area (Å²) in [4.78, 5) is 30.7. The number of aryl methyl sites for hydroxylation is 2. The monoisotopic (exact) mass is 313 g/mol. The van der Waals surface area contributed by atoms with Gasteiger partial charge < -0.3 is 19.2 Å². The van der Waals surface area contributed by atoms with E-state index in [2.05, 4.69) is 9.97 Å². The van der Waals surface area contributed by atoms with Gasteiger partial charge in [-0.15, -0.1) is 0 Å². The number of hydrogen-bond donors (Lipinski definition) is 0. The number of imidazole rings is 2. The van der Waals surface area contributed by atoms with Crippen LogP contribution in [0.5, 0.6) is 0 Å². The van der Waals surface area contributed by atoms with E-state index in [9.17, 15) is 14.9 Å². The zero-order valence-corrected chi connectivity index (χ0v) is 13.0. The molecule has 0 aliphatic rings. The third-order valence-electron chi connectivity index (χ3n) is 3.77. The van der Waals surface area contributed by atoms with E-state index in [1.54, 1.807) is 23.7 Å². The van der Waals surface area contributed by atoms with Gasteiger partial charge in [0.2, 0.25) is 5.82 Å². The number of ketones is 1. The van der Waals surface area contributed by atoms with Crippen LogP contribution in [0, 0.1) is 10.1 Å². The molecule has 0 unspecified atom stereocenters. The third-order valence-corrected chi connectivity index (χ3v) is 3.77. The number of nitrogens with zero attached hydrogens (tertiary/aromatic N) is 5. The zero-order chi connectivity index (χ0) is 16.7. The Morgan fingerprint density at radius 2 is 2.00 bits per heavy atom. The minimum atomic E-state index is -0.538. The van der Waals surface area contributed by atoms with Crippen molar-refractivity contribution in [3.63, 3.8) is 0 Å². The number of benzene rings is 1. The quantitative estimate of drug-likeness (QED) is 0.419. The van der Waals surface area contributed by atoms with Crippen molar-refractivity contribution >= 4 is 22.6 Å². The zero-order valence-electron chi connectivity index (χ0n) is 13.0. The summed E-state index contributed by atoms with van der Waals surface area (Å²) >= 11 is 0. The van der Waals surface area contributed by atoms with Crippen molar-refractivity contribution in [1.29, 1.82) is 0 Å². The molecule has 3 aromatic rings. The van der Waals surface area contributed by atoms with E-state index in [1.165, 1.54) is 6.20 Å². The predicted molar refractivity (Wildman–Crippen MR) is 84.2 cm³/mol. The second-order valence-corrected chi connectivity index (χ2v) is 5.27. The smallest absolute Gasteiger partial charge is 0.358 e. The molecule has 0 saturated carbocycles. The summed E-state index contributed by atoms with van der Waals surface area (Å²) in [5, 5.41) is 10.9. The largest absolute Gasteiger partial charge is 0.382 e. The maximum atomic E-state index is 11.8. The van der Waals surface area contributed by atoms with E-state index in [-0.39, 0.29) is 11.6 Å². The van der Waals surface area contributed by atoms with Crippen molar-refractivity contribution in [2.24, 2.45) is 14.1 Å². The standard InChI is InChI=1S/C15H15N5O3/c1-4-12(21)9-5-6-11-10(7-9)16-15(19(11)3)14-17-13(20(22)23)8-18(14)2/h5-8H,4H2,1-3H3. The van der Waals surface area contributed by atoms with Crippen LogP contribution >= 0.6 is 0 Å². The lowest BCUT2D eigenvalue weighted by atomic mass is 10.1. The summed E-state index contributed by atoms with van der Waals surface area (Å²) in [7, 11) is 3.49. The molecule has 1 aromatic carbocycles. The van der Waals surface area contributed by atoms with Gasteiger partial charge in [0.05, 0.1) is 11.0 Å². The Bertz CT molecular complexity index is 938. The maximum Gasteiger partial charge on any atom is 0.382 e. The molecule has 2 heterocycles. The summed E-state index contributed by atoms with van der Waals surface area (Å²) in [6.45, 7) is 1.81. The van der Waals surface area contributed by atoms with E-state index >= 15 is 0 Å². The predicted octanol–water partition coefficient (Wildman–Crippen LogP) is 2.47. The third kappa shape index (κ3) is 2.37. The van der Waals surface area contributed by atoms with Crippen LogP contribution in [0.15, 0.2) is 24.4 Å². The van der Waals surface area contributed by atoms with Gasteiger partial charge in [0, 0.05) is 26.1 Å². The van der Waals surface area contributed by atoms with Gasteiger partial charge in [0.25, 0.3) is 5.82 Å². The van der Waals surface area contributed by atoms with Gasteiger partial charge in [0.15, 0.2) is 5.78 Å². The van der Waals surface area contributed by atoms with Gasteiger partial charge in [-0.25, -0.2) is 4.98 Å². The van der Waals surface area contributed by atoms with Crippen LogP contribution < -0.4 is 0 Å². The fourth-order valence-corrected chi connectivity index (χ4v) is 2.52. The first-order valence-electron chi connectivity index (χ1n) is 7.10. The average molecular weight is 313 g/mol. The van der Waals surface area contributed by atoms with Crippen LogP contribution in [0.2, 0.25) is 0 Å². The van der Waals surface area contributed by atoms with Crippen LogP contribution in [-0.4, -0.2) is 29.8 Å². The molecule has 0 aliphatic carbocycles. The highest BCUT2D eigenvalue weighted by Crippen LogP contribution is 2.25. The van der Waals surface area contributed by atoms with Crippen molar-refractivity contribution < 1.29 is 9.72 Å². The second-order valence-electron chi connectivity index (χ2n) is 5.27. The van der Waals surface area contributed by atoms with Crippen LogP contribution in [0.4, 0.5) is 5.82 Å². The molecule has 3 rings (SSSR count). The normalized spacial score (nSPS) is 11.1. The fourth-order valence-electron chi connectivity index (χ4n) is 2.52. The van der Waals surface area contributed by atoms with Crippen molar-refractivity contribution in [3.8, 4) is 11.6 Å². The molecule has 0 amide bonds. The number of nitro groups is 1. The highest BCUT2D eigenvalue weighted by molar-refractivity contribution is 5.99. The molecule has 0 radical (unpaired) electrons.